The zero-order valence-electron chi connectivity index (χ0n) is 15.9. The average molecular weight is 380 g/mol. The lowest BCUT2D eigenvalue weighted by atomic mass is 10.1. The maximum Gasteiger partial charge on any atom is 0.228 e. The minimum atomic E-state index is 0.0624. The summed E-state index contributed by atoms with van der Waals surface area (Å²) in [5.41, 5.74) is 2.86. The van der Waals surface area contributed by atoms with Crippen molar-refractivity contribution in [1.29, 1.82) is 0 Å². The van der Waals surface area contributed by atoms with Crippen molar-refractivity contribution in [3.8, 4) is 17.0 Å². The number of aryl methyl sites for hydroxylation is 1. The van der Waals surface area contributed by atoms with Gasteiger partial charge in [-0.15, -0.1) is 0 Å². The number of hydrogen-bond donors (Lipinski definition) is 2. The lowest BCUT2D eigenvalue weighted by molar-refractivity contribution is -0.117. The van der Waals surface area contributed by atoms with Gasteiger partial charge >= 0.3 is 0 Å². The monoisotopic (exact) mass is 380 g/mol. The van der Waals surface area contributed by atoms with Crippen LogP contribution in [-0.4, -0.2) is 45.0 Å². The zero-order chi connectivity index (χ0) is 19.1. The van der Waals surface area contributed by atoms with Gasteiger partial charge in [-0.25, -0.2) is 4.52 Å². The highest BCUT2D eigenvalue weighted by Gasteiger charge is 2.30. The molecular weight excluding hydrogens is 356 g/mol. The number of nitrogens with zero attached hydrogens (tertiary/aromatic N) is 4. The molecular formula is C20H24N6O2. The van der Waals surface area contributed by atoms with Crippen molar-refractivity contribution < 1.29 is 9.53 Å². The highest BCUT2D eigenvalue weighted by molar-refractivity contribution is 5.93. The quantitative estimate of drug-likeness (QED) is 0.684. The first kappa shape index (κ1) is 17.2. The first-order valence-electron chi connectivity index (χ1n) is 9.83. The van der Waals surface area contributed by atoms with E-state index in [1.54, 1.807) is 10.7 Å². The zero-order valence-corrected chi connectivity index (χ0v) is 15.9. The summed E-state index contributed by atoms with van der Waals surface area (Å²) in [7, 11) is 1.92. The molecule has 3 aromatic heterocycles. The second-order valence-corrected chi connectivity index (χ2v) is 7.73. The maximum absolute atomic E-state index is 12.0. The highest BCUT2D eigenvalue weighted by Crippen LogP contribution is 2.32. The van der Waals surface area contributed by atoms with E-state index >= 15 is 0 Å². The van der Waals surface area contributed by atoms with Crippen LogP contribution in [0.15, 0.2) is 30.6 Å². The van der Waals surface area contributed by atoms with Crippen molar-refractivity contribution in [2.24, 2.45) is 18.9 Å². The van der Waals surface area contributed by atoms with Crippen LogP contribution < -0.4 is 15.4 Å². The van der Waals surface area contributed by atoms with Crippen LogP contribution in [0.1, 0.15) is 19.3 Å². The fourth-order valence-corrected chi connectivity index (χ4v) is 3.69. The molecule has 1 amide bonds. The van der Waals surface area contributed by atoms with Crippen molar-refractivity contribution >= 4 is 17.2 Å². The second-order valence-electron chi connectivity index (χ2n) is 7.73. The van der Waals surface area contributed by atoms with Crippen LogP contribution in [0.3, 0.4) is 0 Å². The molecule has 8 heteroatoms. The maximum atomic E-state index is 12.0. The molecule has 28 heavy (non-hydrogen) atoms. The van der Waals surface area contributed by atoms with Crippen LogP contribution in [0.2, 0.25) is 0 Å². The number of carbonyl (C=O) groups excluding carboxylic acids is 1. The number of rotatable bonds is 6. The molecule has 2 aliphatic rings. The minimum Gasteiger partial charge on any atom is -0.489 e. The van der Waals surface area contributed by atoms with Gasteiger partial charge in [-0.2, -0.15) is 10.2 Å². The fourth-order valence-electron chi connectivity index (χ4n) is 3.69. The molecule has 1 aliphatic heterocycles. The Balaban J connectivity index is 1.39. The smallest absolute Gasteiger partial charge is 0.228 e. The molecule has 1 saturated heterocycles. The van der Waals surface area contributed by atoms with Crippen LogP contribution in [0, 0.1) is 11.8 Å². The number of carbonyl (C=O) groups is 1. The lowest BCUT2D eigenvalue weighted by Gasteiger charge is -2.12. The van der Waals surface area contributed by atoms with Gasteiger partial charge in [0.05, 0.1) is 18.3 Å². The molecule has 4 heterocycles. The average Bonchev–Trinajstić information content (AvgIpc) is 3.09. The number of pyridine rings is 1. The molecule has 0 bridgehead atoms. The van der Waals surface area contributed by atoms with Crippen molar-refractivity contribution in [1.82, 2.24) is 24.7 Å². The Kier molecular flexibility index (Phi) is 4.27. The number of aromatic nitrogens is 4. The molecule has 0 spiro atoms. The SMILES string of the molecule is Cn1ncc(OCC2CCNC2)c1-c1ccn2nc(NC(=O)C3CC3)cc2c1. The van der Waals surface area contributed by atoms with E-state index in [0.29, 0.717) is 18.3 Å². The normalized spacial score (nSPS) is 19.2. The Labute approximate surface area is 162 Å². The molecule has 1 aliphatic carbocycles. The van der Waals surface area contributed by atoms with Crippen LogP contribution in [0.25, 0.3) is 16.8 Å². The molecule has 3 aromatic rings. The summed E-state index contributed by atoms with van der Waals surface area (Å²) >= 11 is 0. The van der Waals surface area contributed by atoms with E-state index in [0.717, 1.165) is 54.9 Å². The Morgan fingerprint density at radius 2 is 2.25 bits per heavy atom. The van der Waals surface area contributed by atoms with Crippen molar-refractivity contribution in [3.63, 3.8) is 0 Å². The van der Waals surface area contributed by atoms with Crippen LogP contribution in [-0.2, 0) is 11.8 Å². The van der Waals surface area contributed by atoms with Crippen LogP contribution in [0.5, 0.6) is 5.75 Å². The van der Waals surface area contributed by atoms with E-state index in [-0.39, 0.29) is 11.8 Å². The van der Waals surface area contributed by atoms with E-state index in [9.17, 15) is 4.79 Å². The molecule has 0 aromatic carbocycles. The summed E-state index contributed by atoms with van der Waals surface area (Å²) in [4.78, 5) is 12.0. The third-order valence-electron chi connectivity index (χ3n) is 5.48. The Morgan fingerprint density at radius 3 is 3.04 bits per heavy atom. The first-order valence-corrected chi connectivity index (χ1v) is 9.83. The van der Waals surface area contributed by atoms with Gasteiger partial charge in [0.2, 0.25) is 5.91 Å². The summed E-state index contributed by atoms with van der Waals surface area (Å²) in [5, 5.41) is 15.1. The van der Waals surface area contributed by atoms with Gasteiger partial charge in [-0.05, 0) is 37.9 Å². The largest absolute Gasteiger partial charge is 0.489 e. The van der Waals surface area contributed by atoms with E-state index in [4.69, 9.17) is 4.74 Å². The summed E-state index contributed by atoms with van der Waals surface area (Å²) in [6.07, 6.45) is 6.77. The van der Waals surface area contributed by atoms with Crippen LogP contribution >= 0.6 is 0 Å². The fraction of sp³-hybridized carbons (Fsp3) is 0.450. The van der Waals surface area contributed by atoms with Crippen molar-refractivity contribution in [3.05, 3.63) is 30.6 Å². The standard InChI is InChI=1S/C20H24N6O2/c1-25-19(17(11-22-25)28-12-13-4-6-21-10-13)15-5-7-26-16(8-15)9-18(24-26)23-20(27)14-2-3-14/h5,7-9,11,13-14,21H,2-4,6,10,12H2,1H3,(H,23,24,27). The van der Waals surface area contributed by atoms with Gasteiger partial charge in [-0.1, -0.05) is 0 Å². The molecule has 2 fully saturated rings. The van der Waals surface area contributed by atoms with Crippen LogP contribution in [0.4, 0.5) is 5.82 Å². The number of fused-ring (bicyclic) bond motifs is 1. The Hall–Kier alpha value is -2.87. The van der Waals surface area contributed by atoms with Gasteiger partial charge in [-0.3, -0.25) is 9.48 Å². The van der Waals surface area contributed by atoms with E-state index in [2.05, 4.69) is 20.8 Å². The predicted octanol–water partition coefficient (Wildman–Crippen LogP) is 2.07. The predicted molar refractivity (Wildman–Crippen MR) is 105 cm³/mol. The number of anilines is 1. The van der Waals surface area contributed by atoms with E-state index < -0.39 is 0 Å². The van der Waals surface area contributed by atoms with Gasteiger partial charge < -0.3 is 15.4 Å². The summed E-state index contributed by atoms with van der Waals surface area (Å²) in [6.45, 7) is 2.76. The summed E-state index contributed by atoms with van der Waals surface area (Å²) < 4.78 is 9.70. The molecule has 1 unspecified atom stereocenters. The Morgan fingerprint density at radius 1 is 1.36 bits per heavy atom. The third-order valence-corrected chi connectivity index (χ3v) is 5.48. The molecule has 1 saturated carbocycles. The van der Waals surface area contributed by atoms with E-state index in [1.807, 2.05) is 36.1 Å². The summed E-state index contributed by atoms with van der Waals surface area (Å²) in [5.74, 6) is 2.14. The van der Waals surface area contributed by atoms with E-state index in [1.165, 1.54) is 0 Å². The molecule has 5 rings (SSSR count). The molecule has 146 valence electrons. The molecule has 0 radical (unpaired) electrons. The lowest BCUT2D eigenvalue weighted by Crippen LogP contribution is -2.15. The van der Waals surface area contributed by atoms with Gasteiger partial charge in [0.25, 0.3) is 0 Å². The number of hydrogen-bond acceptors (Lipinski definition) is 5. The van der Waals surface area contributed by atoms with Crippen molar-refractivity contribution in [2.45, 2.75) is 19.3 Å². The minimum absolute atomic E-state index is 0.0624. The molecule has 1 atom stereocenters. The van der Waals surface area contributed by atoms with Gasteiger partial charge in [0.15, 0.2) is 11.6 Å². The van der Waals surface area contributed by atoms with Crippen molar-refractivity contribution in [2.75, 3.05) is 25.0 Å². The molecule has 2 N–H and O–H groups in total. The Bertz CT molecular complexity index is 1010. The summed E-state index contributed by atoms with van der Waals surface area (Å²) in [6, 6.07) is 5.93. The topological polar surface area (TPSA) is 85.5 Å². The second kappa shape index (κ2) is 6.94. The third kappa shape index (κ3) is 3.35. The number of nitrogens with one attached hydrogen (secondary N) is 2. The highest BCUT2D eigenvalue weighted by atomic mass is 16.5. The number of amides is 1. The van der Waals surface area contributed by atoms with Gasteiger partial charge in [0, 0.05) is 43.3 Å². The molecule has 8 nitrogen and oxygen atoms in total. The first-order chi connectivity index (χ1) is 13.7. The van der Waals surface area contributed by atoms with Gasteiger partial charge in [0.1, 0.15) is 5.69 Å². The number of ether oxygens (including phenoxy) is 1.